The highest BCUT2D eigenvalue weighted by molar-refractivity contribution is 7.50. The Morgan fingerprint density at radius 2 is 2.27 bits per heavy atom. The van der Waals surface area contributed by atoms with Crippen LogP contribution in [0.3, 0.4) is 0 Å². The van der Waals surface area contributed by atoms with Crippen molar-refractivity contribution in [2.45, 2.75) is 24.4 Å². The van der Waals surface area contributed by atoms with Crippen LogP contribution < -0.4 is 4.89 Å². The molecule has 1 aliphatic heterocycles. The van der Waals surface area contributed by atoms with Gasteiger partial charge in [0.25, 0.3) is 0 Å². The highest BCUT2D eigenvalue weighted by Gasteiger charge is 2.44. The normalized spacial score (nSPS) is 40.3. The average molecular weight is 237 g/mol. The summed E-state index contributed by atoms with van der Waals surface area (Å²) in [4.78, 5) is 10.9. The van der Waals surface area contributed by atoms with E-state index in [0.29, 0.717) is 0 Å². The molecular formula is C7H12BFO5P-. The number of ether oxygens (including phenoxy) is 2. The van der Waals surface area contributed by atoms with Gasteiger partial charge in [0.15, 0.2) is 0 Å². The van der Waals surface area contributed by atoms with E-state index in [-0.39, 0.29) is 6.61 Å². The van der Waals surface area contributed by atoms with Crippen molar-refractivity contribution in [2.24, 2.45) is 0 Å². The van der Waals surface area contributed by atoms with E-state index < -0.39 is 32.0 Å². The summed E-state index contributed by atoms with van der Waals surface area (Å²) in [6.45, 7) is 0.895. The Bertz CT molecular complexity index is 260. The molecule has 1 saturated heterocycles. The molecule has 15 heavy (non-hydrogen) atoms. The van der Waals surface area contributed by atoms with Crippen LogP contribution in [0.1, 0.15) is 0 Å². The van der Waals surface area contributed by atoms with E-state index >= 15 is 0 Å². The van der Waals surface area contributed by atoms with Crippen LogP contribution >= 0.6 is 7.60 Å². The van der Waals surface area contributed by atoms with Gasteiger partial charge in [-0.2, -0.15) is 0 Å². The maximum atomic E-state index is 13.4. The van der Waals surface area contributed by atoms with Gasteiger partial charge in [-0.25, -0.2) is 4.39 Å². The molecular weight excluding hydrogens is 225 g/mol. The number of hydrogen-bond acceptors (Lipinski definition) is 5. The summed E-state index contributed by atoms with van der Waals surface area (Å²) in [6, 6.07) is -1.18. The highest BCUT2D eigenvalue weighted by atomic mass is 31.2. The molecule has 0 amide bonds. The molecule has 0 bridgehead atoms. The predicted molar refractivity (Wildman–Crippen MR) is 49.6 cm³/mol. The van der Waals surface area contributed by atoms with Gasteiger partial charge >= 0.3 is 0 Å². The zero-order valence-electron chi connectivity index (χ0n) is 8.46. The number of hydrogen-bond donors (Lipinski definition) is 0. The molecule has 5 atom stereocenters. The largest absolute Gasteiger partial charge is 0.779 e. The predicted octanol–water partition coefficient (Wildman–Crippen LogP) is -0.567. The lowest BCUT2D eigenvalue weighted by molar-refractivity contribution is -0.203. The third-order valence-electron chi connectivity index (χ3n) is 1.97. The van der Waals surface area contributed by atoms with Crippen molar-refractivity contribution in [3.63, 3.8) is 0 Å². The first-order valence-corrected chi connectivity index (χ1v) is 6.35. The van der Waals surface area contributed by atoms with E-state index in [9.17, 15) is 13.8 Å². The van der Waals surface area contributed by atoms with Crippen molar-refractivity contribution < 1.29 is 27.8 Å². The van der Waals surface area contributed by atoms with Crippen molar-refractivity contribution in [1.82, 2.24) is 0 Å². The first kappa shape index (κ1) is 13.1. The lowest BCUT2D eigenvalue weighted by Crippen LogP contribution is -2.35. The smallest absolute Gasteiger partial charge is 0.147 e. The molecule has 8 heteroatoms. The summed E-state index contributed by atoms with van der Waals surface area (Å²) in [5.74, 6) is 0. The van der Waals surface area contributed by atoms with E-state index in [1.807, 2.05) is 0 Å². The van der Waals surface area contributed by atoms with Gasteiger partial charge in [-0.3, -0.25) is 0 Å². The topological polar surface area (TPSA) is 67.8 Å². The van der Waals surface area contributed by atoms with Crippen molar-refractivity contribution in [3.8, 4) is 0 Å². The second-order valence-electron chi connectivity index (χ2n) is 3.38. The van der Waals surface area contributed by atoms with E-state index in [4.69, 9.17) is 17.3 Å². The zero-order chi connectivity index (χ0) is 11.6. The van der Waals surface area contributed by atoms with Gasteiger partial charge in [0.1, 0.15) is 33.8 Å². The Morgan fingerprint density at radius 3 is 2.73 bits per heavy atom. The molecule has 1 rings (SSSR count). The Morgan fingerprint density at radius 1 is 1.67 bits per heavy atom. The minimum Gasteiger partial charge on any atom is -0.779 e. The maximum absolute atomic E-state index is 13.4. The van der Waals surface area contributed by atoms with Gasteiger partial charge in [-0.15, -0.1) is 0 Å². The van der Waals surface area contributed by atoms with E-state index in [0.717, 1.165) is 6.66 Å². The average Bonchev–Trinajstić information content (AvgIpc) is 2.32. The molecule has 5 nitrogen and oxygen atoms in total. The number of rotatable bonds is 4. The van der Waals surface area contributed by atoms with Crippen LogP contribution in [0.25, 0.3) is 0 Å². The molecule has 1 heterocycles. The van der Waals surface area contributed by atoms with Crippen molar-refractivity contribution >= 4 is 15.4 Å². The minimum absolute atomic E-state index is 0.0266. The monoisotopic (exact) mass is 237 g/mol. The lowest BCUT2D eigenvalue weighted by atomic mass is 9.94. The molecule has 2 unspecified atom stereocenters. The second kappa shape index (κ2) is 4.93. The zero-order valence-corrected chi connectivity index (χ0v) is 9.35. The Labute approximate surface area is 88.8 Å². The summed E-state index contributed by atoms with van der Waals surface area (Å²) in [5, 5.41) is 0. The summed E-state index contributed by atoms with van der Waals surface area (Å²) in [5.41, 5.74) is 0. The fourth-order valence-electron chi connectivity index (χ4n) is 1.39. The van der Waals surface area contributed by atoms with Crippen LogP contribution in [-0.2, 0) is 18.6 Å². The van der Waals surface area contributed by atoms with Crippen molar-refractivity contribution in [3.05, 3.63) is 0 Å². The van der Waals surface area contributed by atoms with Gasteiger partial charge in [0.05, 0.1) is 12.6 Å². The summed E-state index contributed by atoms with van der Waals surface area (Å²) in [7, 11) is 2.65. The molecule has 0 aromatic carbocycles. The minimum atomic E-state index is -4.02. The molecule has 0 aliphatic carbocycles. The Balaban J connectivity index is 2.68. The maximum Gasteiger partial charge on any atom is 0.147 e. The van der Waals surface area contributed by atoms with Gasteiger partial charge in [-0.05, 0) is 0 Å². The van der Waals surface area contributed by atoms with Crippen LogP contribution in [0, 0.1) is 0 Å². The number of alkyl halides is 1. The van der Waals surface area contributed by atoms with Gasteiger partial charge in [-0.1, -0.05) is 0 Å². The Hall–Kier alpha value is 0.0649. The molecule has 1 fully saturated rings. The van der Waals surface area contributed by atoms with E-state index in [1.54, 1.807) is 0 Å². The fourth-order valence-corrected chi connectivity index (χ4v) is 2.09. The molecule has 0 saturated carbocycles. The highest BCUT2D eigenvalue weighted by Crippen LogP contribution is 2.39. The molecule has 0 N–H and O–H groups in total. The standard InChI is InChI=1S/C7H13BFO5P/c1-12-3-4-6(14-15(2,10)11)5(9)7(8)13-4/h4-7H,3H2,1-2H3,(H,10,11)/p-1/t4-,5+,6?,7-/m1/s1. The van der Waals surface area contributed by atoms with Crippen molar-refractivity contribution in [2.75, 3.05) is 20.4 Å². The molecule has 0 aromatic heterocycles. The third-order valence-corrected chi connectivity index (χ3v) is 2.60. The first-order chi connectivity index (χ1) is 6.85. The van der Waals surface area contributed by atoms with Gasteiger partial charge in [0, 0.05) is 13.8 Å². The van der Waals surface area contributed by atoms with Crippen LogP contribution in [0.5, 0.6) is 0 Å². The van der Waals surface area contributed by atoms with Crippen LogP contribution in [-0.4, -0.2) is 52.6 Å². The number of halogens is 1. The molecule has 0 aromatic rings. The van der Waals surface area contributed by atoms with Gasteiger partial charge in [0.2, 0.25) is 0 Å². The summed E-state index contributed by atoms with van der Waals surface area (Å²) >= 11 is 0. The number of methoxy groups -OCH3 is 1. The second-order valence-corrected chi connectivity index (χ2v) is 5.13. The fraction of sp³-hybridized carbons (Fsp3) is 1.00. The molecule has 1 aliphatic rings. The van der Waals surface area contributed by atoms with Crippen molar-refractivity contribution in [1.29, 1.82) is 0 Å². The molecule has 86 valence electrons. The molecule has 0 spiro atoms. The first-order valence-electron chi connectivity index (χ1n) is 4.36. The Kier molecular flexibility index (Phi) is 4.32. The summed E-state index contributed by atoms with van der Waals surface area (Å²) in [6.07, 6.45) is -3.71. The van der Waals surface area contributed by atoms with Crippen LogP contribution in [0.4, 0.5) is 4.39 Å². The van der Waals surface area contributed by atoms with Gasteiger partial charge < -0.3 is 23.5 Å². The molecule has 2 radical (unpaired) electrons. The lowest BCUT2D eigenvalue weighted by Gasteiger charge is -2.26. The van der Waals surface area contributed by atoms with Crippen LogP contribution in [0.2, 0.25) is 0 Å². The quantitative estimate of drug-likeness (QED) is 0.483. The van der Waals surface area contributed by atoms with E-state index in [2.05, 4.69) is 4.52 Å². The van der Waals surface area contributed by atoms with E-state index in [1.165, 1.54) is 7.11 Å². The SMILES string of the molecule is [B][C@@H]1O[C@H](COC)C(OP(C)(=O)[O-])[C@@H]1F. The third kappa shape index (κ3) is 3.54. The summed E-state index contributed by atoms with van der Waals surface area (Å²) < 4.78 is 38.6. The van der Waals surface area contributed by atoms with Crippen LogP contribution in [0.15, 0.2) is 0 Å².